The summed E-state index contributed by atoms with van der Waals surface area (Å²) in [5.74, 6) is -0.406. The molecule has 0 aliphatic rings. The Morgan fingerprint density at radius 2 is 2.25 bits per heavy atom. The summed E-state index contributed by atoms with van der Waals surface area (Å²) in [7, 11) is 0. The molecular formula is C11H15FN2O2. The molecule has 4 nitrogen and oxygen atoms in total. The van der Waals surface area contributed by atoms with Crippen LogP contribution in [0.2, 0.25) is 0 Å². The standard InChI is InChI=1S/C11H15FN2O2/c1-7-3-4-9(12)5-10(7)14-11(16)13-8(2)6-15/h3-5,8,15H,6H2,1-2H3,(H2,13,14,16)/t8-/m0/s1. The van der Waals surface area contributed by atoms with E-state index in [0.29, 0.717) is 5.69 Å². The van der Waals surface area contributed by atoms with E-state index in [0.717, 1.165) is 5.56 Å². The van der Waals surface area contributed by atoms with Gasteiger partial charge >= 0.3 is 6.03 Å². The van der Waals surface area contributed by atoms with Gasteiger partial charge in [0.25, 0.3) is 0 Å². The van der Waals surface area contributed by atoms with Gasteiger partial charge < -0.3 is 15.7 Å². The van der Waals surface area contributed by atoms with Crippen molar-refractivity contribution in [1.29, 1.82) is 0 Å². The number of aliphatic hydroxyl groups is 1. The second kappa shape index (κ2) is 5.46. The van der Waals surface area contributed by atoms with Gasteiger partial charge in [0.15, 0.2) is 0 Å². The third-order valence-corrected chi connectivity index (χ3v) is 2.10. The van der Waals surface area contributed by atoms with E-state index in [9.17, 15) is 9.18 Å². The number of anilines is 1. The molecule has 88 valence electrons. The molecule has 0 aliphatic heterocycles. The Kier molecular flexibility index (Phi) is 4.25. The fraction of sp³-hybridized carbons (Fsp3) is 0.364. The van der Waals surface area contributed by atoms with E-state index >= 15 is 0 Å². The summed E-state index contributed by atoms with van der Waals surface area (Å²) < 4.78 is 12.9. The average Bonchev–Trinajstić information content (AvgIpc) is 2.23. The van der Waals surface area contributed by atoms with E-state index in [1.165, 1.54) is 12.1 Å². The van der Waals surface area contributed by atoms with Crippen LogP contribution in [0.25, 0.3) is 0 Å². The Morgan fingerprint density at radius 3 is 2.88 bits per heavy atom. The number of aliphatic hydroxyl groups excluding tert-OH is 1. The summed E-state index contributed by atoms with van der Waals surface area (Å²) in [6.07, 6.45) is 0. The zero-order valence-corrected chi connectivity index (χ0v) is 9.25. The van der Waals surface area contributed by atoms with Crippen LogP contribution in [-0.4, -0.2) is 23.8 Å². The van der Waals surface area contributed by atoms with Crippen molar-refractivity contribution in [3.05, 3.63) is 29.6 Å². The SMILES string of the molecule is Cc1ccc(F)cc1NC(=O)N[C@@H](C)CO. The molecule has 0 unspecified atom stereocenters. The first-order valence-electron chi connectivity index (χ1n) is 4.97. The summed E-state index contributed by atoms with van der Waals surface area (Å²) in [5.41, 5.74) is 1.19. The molecule has 0 fully saturated rings. The van der Waals surface area contributed by atoms with Crippen molar-refractivity contribution in [1.82, 2.24) is 5.32 Å². The van der Waals surface area contributed by atoms with Crippen molar-refractivity contribution in [3.63, 3.8) is 0 Å². The second-order valence-electron chi connectivity index (χ2n) is 3.64. The van der Waals surface area contributed by atoms with E-state index in [-0.39, 0.29) is 12.6 Å². The van der Waals surface area contributed by atoms with Crippen LogP contribution < -0.4 is 10.6 Å². The van der Waals surface area contributed by atoms with Crippen LogP contribution in [-0.2, 0) is 0 Å². The van der Waals surface area contributed by atoms with Gasteiger partial charge in [0.05, 0.1) is 12.6 Å². The van der Waals surface area contributed by atoms with Gasteiger partial charge in [-0.2, -0.15) is 0 Å². The van der Waals surface area contributed by atoms with Gasteiger partial charge in [-0.15, -0.1) is 0 Å². The number of nitrogens with one attached hydrogen (secondary N) is 2. The molecule has 3 N–H and O–H groups in total. The smallest absolute Gasteiger partial charge is 0.319 e. The quantitative estimate of drug-likeness (QED) is 0.733. The number of hydrogen-bond acceptors (Lipinski definition) is 2. The minimum atomic E-state index is -0.463. The van der Waals surface area contributed by atoms with Gasteiger partial charge in [0, 0.05) is 5.69 Å². The number of amides is 2. The minimum absolute atomic E-state index is 0.143. The molecule has 1 rings (SSSR count). The number of aryl methyl sites for hydroxylation is 1. The lowest BCUT2D eigenvalue weighted by Crippen LogP contribution is -2.38. The van der Waals surface area contributed by atoms with E-state index in [4.69, 9.17) is 5.11 Å². The van der Waals surface area contributed by atoms with Gasteiger partial charge in [-0.3, -0.25) is 0 Å². The lowest BCUT2D eigenvalue weighted by atomic mass is 10.2. The molecule has 1 aromatic rings. The highest BCUT2D eigenvalue weighted by atomic mass is 19.1. The van der Waals surface area contributed by atoms with Gasteiger partial charge in [-0.05, 0) is 31.5 Å². The third kappa shape index (κ3) is 3.51. The minimum Gasteiger partial charge on any atom is -0.394 e. The summed E-state index contributed by atoms with van der Waals surface area (Å²) in [5, 5.41) is 13.8. The zero-order valence-electron chi connectivity index (χ0n) is 9.25. The van der Waals surface area contributed by atoms with Crippen molar-refractivity contribution in [2.24, 2.45) is 0 Å². The van der Waals surface area contributed by atoms with Crippen LogP contribution in [0.15, 0.2) is 18.2 Å². The number of halogens is 1. The van der Waals surface area contributed by atoms with Crippen molar-refractivity contribution in [3.8, 4) is 0 Å². The fourth-order valence-corrected chi connectivity index (χ4v) is 1.16. The Labute approximate surface area is 93.5 Å². The van der Waals surface area contributed by atoms with E-state index < -0.39 is 11.8 Å². The molecule has 16 heavy (non-hydrogen) atoms. The number of carbonyl (C=O) groups is 1. The highest BCUT2D eigenvalue weighted by Crippen LogP contribution is 2.15. The maximum Gasteiger partial charge on any atom is 0.319 e. The van der Waals surface area contributed by atoms with E-state index in [1.807, 2.05) is 0 Å². The lowest BCUT2D eigenvalue weighted by molar-refractivity contribution is 0.229. The Bertz CT molecular complexity index is 382. The predicted octanol–water partition coefficient (Wildman–Crippen LogP) is 1.64. The van der Waals surface area contributed by atoms with Gasteiger partial charge in [-0.25, -0.2) is 9.18 Å². The van der Waals surface area contributed by atoms with Gasteiger partial charge in [-0.1, -0.05) is 6.07 Å². The zero-order chi connectivity index (χ0) is 12.1. The molecule has 1 aromatic carbocycles. The van der Waals surface area contributed by atoms with Crippen LogP contribution in [0.1, 0.15) is 12.5 Å². The fourth-order valence-electron chi connectivity index (χ4n) is 1.16. The first kappa shape index (κ1) is 12.4. The molecule has 0 spiro atoms. The summed E-state index contributed by atoms with van der Waals surface area (Å²) in [6.45, 7) is 3.29. The molecule has 0 aliphatic carbocycles. The normalized spacial score (nSPS) is 12.0. The number of rotatable bonds is 3. The molecule has 0 aromatic heterocycles. The van der Waals surface area contributed by atoms with Crippen LogP contribution in [0.5, 0.6) is 0 Å². The van der Waals surface area contributed by atoms with Gasteiger partial charge in [0.1, 0.15) is 5.82 Å². The molecule has 0 bridgehead atoms. The molecule has 1 atom stereocenters. The van der Waals surface area contributed by atoms with Crippen LogP contribution in [0, 0.1) is 12.7 Å². The largest absolute Gasteiger partial charge is 0.394 e. The average molecular weight is 226 g/mol. The highest BCUT2D eigenvalue weighted by molar-refractivity contribution is 5.90. The highest BCUT2D eigenvalue weighted by Gasteiger charge is 2.08. The first-order valence-corrected chi connectivity index (χ1v) is 4.97. The number of benzene rings is 1. The summed E-state index contributed by atoms with van der Waals surface area (Å²) in [6, 6.07) is 3.36. The number of carbonyl (C=O) groups excluding carboxylic acids is 1. The summed E-state index contributed by atoms with van der Waals surface area (Å²) >= 11 is 0. The third-order valence-electron chi connectivity index (χ3n) is 2.10. The molecule has 0 saturated carbocycles. The van der Waals surface area contributed by atoms with Crippen LogP contribution >= 0.6 is 0 Å². The summed E-state index contributed by atoms with van der Waals surface area (Å²) in [4.78, 5) is 11.4. The monoisotopic (exact) mass is 226 g/mol. The maximum atomic E-state index is 12.9. The van der Waals surface area contributed by atoms with Crippen molar-refractivity contribution < 1.29 is 14.3 Å². The first-order chi connectivity index (χ1) is 7.52. The van der Waals surface area contributed by atoms with E-state index in [2.05, 4.69) is 10.6 Å². The van der Waals surface area contributed by atoms with Crippen molar-refractivity contribution >= 4 is 11.7 Å². The Balaban J connectivity index is 2.65. The Hall–Kier alpha value is -1.62. The topological polar surface area (TPSA) is 61.4 Å². The number of urea groups is 1. The van der Waals surface area contributed by atoms with Crippen molar-refractivity contribution in [2.75, 3.05) is 11.9 Å². The number of hydrogen-bond donors (Lipinski definition) is 3. The molecule has 0 saturated heterocycles. The molecule has 2 amide bonds. The van der Waals surface area contributed by atoms with Crippen molar-refractivity contribution in [2.45, 2.75) is 19.9 Å². The lowest BCUT2D eigenvalue weighted by Gasteiger charge is -2.13. The Morgan fingerprint density at radius 1 is 1.56 bits per heavy atom. The molecule has 0 radical (unpaired) electrons. The molecule has 5 heteroatoms. The second-order valence-corrected chi connectivity index (χ2v) is 3.64. The van der Waals surface area contributed by atoms with Gasteiger partial charge in [0.2, 0.25) is 0 Å². The van der Waals surface area contributed by atoms with Crippen LogP contribution in [0.3, 0.4) is 0 Å². The predicted molar refractivity (Wildman–Crippen MR) is 59.8 cm³/mol. The van der Waals surface area contributed by atoms with Crippen LogP contribution in [0.4, 0.5) is 14.9 Å². The maximum absolute atomic E-state index is 12.9. The molecule has 0 heterocycles. The molecular weight excluding hydrogens is 211 g/mol. The van der Waals surface area contributed by atoms with E-state index in [1.54, 1.807) is 19.9 Å².